The molecule has 2 heteroatoms. The molecule has 0 unspecified atom stereocenters. The van der Waals surface area contributed by atoms with Crippen molar-refractivity contribution in [3.63, 3.8) is 0 Å². The maximum atomic E-state index is 9.52. The van der Waals surface area contributed by atoms with Crippen LogP contribution in [-0.4, -0.2) is 17.8 Å². The minimum Gasteiger partial charge on any atom is -0.393 e. The highest BCUT2D eigenvalue weighted by Gasteiger charge is 2.21. The molecule has 0 bridgehead atoms. The van der Waals surface area contributed by atoms with Gasteiger partial charge in [-0.05, 0) is 18.9 Å². The SMILES string of the molecule is Cc1ccc([C@H]2C[C@H](O)CCO2)cc1. The van der Waals surface area contributed by atoms with Crippen LogP contribution in [0.2, 0.25) is 0 Å². The normalized spacial score (nSPS) is 27.6. The second-order valence-corrected chi connectivity index (χ2v) is 3.95. The maximum absolute atomic E-state index is 9.52. The number of hydrogen-bond donors (Lipinski definition) is 1. The molecular formula is C12H16O2. The minimum atomic E-state index is -0.199. The van der Waals surface area contributed by atoms with E-state index in [-0.39, 0.29) is 12.2 Å². The predicted molar refractivity (Wildman–Crippen MR) is 55.1 cm³/mol. The average Bonchev–Trinajstić information content (AvgIpc) is 2.19. The van der Waals surface area contributed by atoms with Gasteiger partial charge in [0.2, 0.25) is 0 Å². The summed E-state index contributed by atoms with van der Waals surface area (Å²) in [6, 6.07) is 8.33. The van der Waals surface area contributed by atoms with Gasteiger partial charge in [-0.2, -0.15) is 0 Å². The molecule has 1 aliphatic rings. The lowest BCUT2D eigenvalue weighted by Gasteiger charge is -2.26. The second-order valence-electron chi connectivity index (χ2n) is 3.95. The molecule has 0 radical (unpaired) electrons. The molecule has 0 amide bonds. The van der Waals surface area contributed by atoms with Crippen LogP contribution in [0.25, 0.3) is 0 Å². The molecule has 0 aromatic heterocycles. The highest BCUT2D eigenvalue weighted by molar-refractivity contribution is 5.23. The van der Waals surface area contributed by atoms with Crippen LogP contribution >= 0.6 is 0 Å². The predicted octanol–water partition coefficient (Wildman–Crippen LogP) is 2.21. The van der Waals surface area contributed by atoms with Crippen LogP contribution in [-0.2, 0) is 4.74 Å². The molecule has 0 spiro atoms. The number of aliphatic hydroxyl groups is 1. The van der Waals surface area contributed by atoms with Crippen molar-refractivity contribution in [2.24, 2.45) is 0 Å². The fourth-order valence-electron chi connectivity index (χ4n) is 1.79. The molecule has 76 valence electrons. The smallest absolute Gasteiger partial charge is 0.0849 e. The van der Waals surface area contributed by atoms with Crippen LogP contribution < -0.4 is 0 Å². The largest absolute Gasteiger partial charge is 0.393 e. The molecule has 1 aromatic rings. The molecule has 2 atom stereocenters. The van der Waals surface area contributed by atoms with Crippen molar-refractivity contribution in [1.29, 1.82) is 0 Å². The molecule has 1 heterocycles. The standard InChI is InChI=1S/C12H16O2/c1-9-2-4-10(5-3-9)12-8-11(13)6-7-14-12/h2-5,11-13H,6-8H2,1H3/t11-,12-/m1/s1. The van der Waals surface area contributed by atoms with Crippen LogP contribution in [0.1, 0.15) is 30.1 Å². The van der Waals surface area contributed by atoms with E-state index >= 15 is 0 Å². The fraction of sp³-hybridized carbons (Fsp3) is 0.500. The highest BCUT2D eigenvalue weighted by atomic mass is 16.5. The average molecular weight is 192 g/mol. The third-order valence-corrected chi connectivity index (χ3v) is 2.71. The van der Waals surface area contributed by atoms with Gasteiger partial charge >= 0.3 is 0 Å². The Morgan fingerprint density at radius 2 is 2.00 bits per heavy atom. The van der Waals surface area contributed by atoms with Crippen LogP contribution in [0.5, 0.6) is 0 Å². The van der Waals surface area contributed by atoms with E-state index in [1.807, 2.05) is 0 Å². The van der Waals surface area contributed by atoms with E-state index in [9.17, 15) is 5.11 Å². The van der Waals surface area contributed by atoms with Gasteiger partial charge in [0.15, 0.2) is 0 Å². The van der Waals surface area contributed by atoms with E-state index in [1.54, 1.807) is 0 Å². The Morgan fingerprint density at radius 1 is 1.29 bits per heavy atom. The molecule has 0 aliphatic carbocycles. The van der Waals surface area contributed by atoms with Crippen molar-refractivity contribution in [2.75, 3.05) is 6.61 Å². The first-order valence-electron chi connectivity index (χ1n) is 5.12. The van der Waals surface area contributed by atoms with E-state index in [0.29, 0.717) is 6.61 Å². The van der Waals surface area contributed by atoms with Crippen molar-refractivity contribution in [1.82, 2.24) is 0 Å². The van der Waals surface area contributed by atoms with Gasteiger partial charge in [0.05, 0.1) is 12.2 Å². The molecule has 2 rings (SSSR count). The number of aryl methyl sites for hydroxylation is 1. The number of benzene rings is 1. The Morgan fingerprint density at radius 3 is 2.64 bits per heavy atom. The van der Waals surface area contributed by atoms with Crippen LogP contribution in [0, 0.1) is 6.92 Å². The first kappa shape index (κ1) is 9.69. The molecular weight excluding hydrogens is 176 g/mol. The quantitative estimate of drug-likeness (QED) is 0.739. The fourth-order valence-corrected chi connectivity index (χ4v) is 1.79. The Labute approximate surface area is 84.5 Å². The van der Waals surface area contributed by atoms with Crippen molar-refractivity contribution in [2.45, 2.75) is 32.0 Å². The minimum absolute atomic E-state index is 0.0827. The molecule has 2 nitrogen and oxygen atoms in total. The van der Waals surface area contributed by atoms with Gasteiger partial charge in [-0.1, -0.05) is 29.8 Å². The van der Waals surface area contributed by atoms with Crippen molar-refractivity contribution >= 4 is 0 Å². The van der Waals surface area contributed by atoms with Crippen molar-refractivity contribution < 1.29 is 9.84 Å². The van der Waals surface area contributed by atoms with Gasteiger partial charge < -0.3 is 9.84 Å². The van der Waals surface area contributed by atoms with Gasteiger partial charge in [0.1, 0.15) is 0 Å². The van der Waals surface area contributed by atoms with Gasteiger partial charge in [-0.3, -0.25) is 0 Å². The topological polar surface area (TPSA) is 29.5 Å². The summed E-state index contributed by atoms with van der Waals surface area (Å²) in [5.41, 5.74) is 2.43. The molecule has 1 saturated heterocycles. The lowest BCUT2D eigenvalue weighted by atomic mass is 9.99. The summed E-state index contributed by atoms with van der Waals surface area (Å²) in [5.74, 6) is 0. The number of hydrogen-bond acceptors (Lipinski definition) is 2. The van der Waals surface area contributed by atoms with E-state index in [4.69, 9.17) is 4.74 Å². The summed E-state index contributed by atoms with van der Waals surface area (Å²) in [4.78, 5) is 0. The van der Waals surface area contributed by atoms with Gasteiger partial charge in [-0.15, -0.1) is 0 Å². The van der Waals surface area contributed by atoms with Crippen LogP contribution in [0.3, 0.4) is 0 Å². The Balaban J connectivity index is 2.10. The van der Waals surface area contributed by atoms with E-state index < -0.39 is 0 Å². The highest BCUT2D eigenvalue weighted by Crippen LogP contribution is 2.27. The Bertz CT molecular complexity index is 292. The summed E-state index contributed by atoms with van der Waals surface area (Å²) in [7, 11) is 0. The van der Waals surface area contributed by atoms with Gasteiger partial charge in [0, 0.05) is 13.0 Å². The second kappa shape index (κ2) is 4.11. The van der Waals surface area contributed by atoms with Crippen LogP contribution in [0.15, 0.2) is 24.3 Å². The lowest BCUT2D eigenvalue weighted by molar-refractivity contribution is -0.0447. The molecule has 1 aromatic carbocycles. The number of aliphatic hydroxyl groups excluding tert-OH is 1. The van der Waals surface area contributed by atoms with Gasteiger partial charge in [-0.25, -0.2) is 0 Å². The zero-order valence-electron chi connectivity index (χ0n) is 8.44. The lowest BCUT2D eigenvalue weighted by Crippen LogP contribution is -2.23. The first-order chi connectivity index (χ1) is 6.75. The molecule has 0 saturated carbocycles. The van der Waals surface area contributed by atoms with E-state index in [2.05, 4.69) is 31.2 Å². The molecule has 1 aliphatic heterocycles. The number of rotatable bonds is 1. The zero-order valence-corrected chi connectivity index (χ0v) is 8.44. The Kier molecular flexibility index (Phi) is 2.85. The molecule has 1 fully saturated rings. The summed E-state index contributed by atoms with van der Waals surface area (Å²) in [6.45, 7) is 2.74. The summed E-state index contributed by atoms with van der Waals surface area (Å²) < 4.78 is 5.61. The van der Waals surface area contributed by atoms with Crippen molar-refractivity contribution in [3.8, 4) is 0 Å². The monoisotopic (exact) mass is 192 g/mol. The summed E-state index contributed by atoms with van der Waals surface area (Å²) >= 11 is 0. The Hall–Kier alpha value is -0.860. The van der Waals surface area contributed by atoms with Crippen molar-refractivity contribution in [3.05, 3.63) is 35.4 Å². The first-order valence-corrected chi connectivity index (χ1v) is 5.12. The maximum Gasteiger partial charge on any atom is 0.0849 e. The molecule has 14 heavy (non-hydrogen) atoms. The molecule has 1 N–H and O–H groups in total. The zero-order chi connectivity index (χ0) is 9.97. The van der Waals surface area contributed by atoms with E-state index in [1.165, 1.54) is 11.1 Å². The summed E-state index contributed by atoms with van der Waals surface area (Å²) in [5, 5.41) is 9.52. The number of ether oxygens (including phenoxy) is 1. The summed E-state index contributed by atoms with van der Waals surface area (Å²) in [6.07, 6.45) is 1.38. The van der Waals surface area contributed by atoms with Crippen LogP contribution in [0.4, 0.5) is 0 Å². The van der Waals surface area contributed by atoms with E-state index in [0.717, 1.165) is 12.8 Å². The third kappa shape index (κ3) is 2.14. The van der Waals surface area contributed by atoms with Gasteiger partial charge in [0.25, 0.3) is 0 Å². The third-order valence-electron chi connectivity index (χ3n) is 2.71.